The normalized spacial score (nSPS) is 10.6. The third-order valence-corrected chi connectivity index (χ3v) is 4.26. The fourth-order valence-electron chi connectivity index (χ4n) is 2.14. The first-order valence-corrected chi connectivity index (χ1v) is 7.64. The number of carbonyl (C=O) groups excluding carboxylic acids is 1. The molecule has 22 heavy (non-hydrogen) atoms. The lowest BCUT2D eigenvalue weighted by Gasteiger charge is -2.09. The average Bonchev–Trinajstić information content (AvgIpc) is 2.51. The zero-order valence-corrected chi connectivity index (χ0v) is 13.8. The Morgan fingerprint density at radius 2 is 1.86 bits per heavy atom. The number of hydrogen-bond acceptors (Lipinski definition) is 4. The van der Waals surface area contributed by atoms with Crippen LogP contribution in [0.4, 0.5) is 0 Å². The molecular formula is C17H11IO4. The minimum atomic E-state index is -0.451. The van der Waals surface area contributed by atoms with Crippen molar-refractivity contribution in [2.24, 2.45) is 0 Å². The summed E-state index contributed by atoms with van der Waals surface area (Å²) in [4.78, 5) is 23.7. The zero-order valence-electron chi connectivity index (χ0n) is 11.6. The summed E-state index contributed by atoms with van der Waals surface area (Å²) < 4.78 is 11.3. The SMILES string of the molecule is Cc1cc(=O)oc2c(I)c(OC(=O)c3ccccc3)ccc12. The van der Waals surface area contributed by atoms with Gasteiger partial charge < -0.3 is 9.15 Å². The van der Waals surface area contributed by atoms with Crippen molar-refractivity contribution in [3.8, 4) is 5.75 Å². The molecule has 0 saturated heterocycles. The highest BCUT2D eigenvalue weighted by Crippen LogP contribution is 2.30. The first-order valence-electron chi connectivity index (χ1n) is 6.56. The number of hydrogen-bond donors (Lipinski definition) is 0. The zero-order chi connectivity index (χ0) is 15.7. The van der Waals surface area contributed by atoms with Gasteiger partial charge in [-0.1, -0.05) is 18.2 Å². The summed E-state index contributed by atoms with van der Waals surface area (Å²) in [5.74, 6) is -0.0800. The summed E-state index contributed by atoms with van der Waals surface area (Å²) in [6, 6.07) is 13.7. The summed E-state index contributed by atoms with van der Waals surface area (Å²) >= 11 is 2.01. The van der Waals surface area contributed by atoms with Gasteiger partial charge in [-0.05, 0) is 59.3 Å². The molecule has 0 amide bonds. The smallest absolute Gasteiger partial charge is 0.343 e. The van der Waals surface area contributed by atoms with Crippen LogP contribution >= 0.6 is 22.6 Å². The van der Waals surface area contributed by atoms with Crippen molar-refractivity contribution < 1.29 is 13.9 Å². The number of fused-ring (bicyclic) bond motifs is 1. The van der Waals surface area contributed by atoms with E-state index in [1.54, 1.807) is 36.4 Å². The van der Waals surface area contributed by atoms with Crippen LogP contribution in [0, 0.1) is 10.5 Å². The second-order valence-electron chi connectivity index (χ2n) is 4.76. The van der Waals surface area contributed by atoms with Crippen LogP contribution in [0.15, 0.2) is 57.7 Å². The van der Waals surface area contributed by atoms with Gasteiger partial charge in [-0.25, -0.2) is 9.59 Å². The Hall–Kier alpha value is -2.15. The summed E-state index contributed by atoms with van der Waals surface area (Å²) in [6.45, 7) is 1.84. The molecule has 0 aliphatic heterocycles. The highest BCUT2D eigenvalue weighted by molar-refractivity contribution is 14.1. The number of aryl methyl sites for hydroxylation is 1. The van der Waals surface area contributed by atoms with Gasteiger partial charge in [-0.3, -0.25) is 0 Å². The first kappa shape index (κ1) is 14.8. The van der Waals surface area contributed by atoms with E-state index in [0.29, 0.717) is 20.5 Å². The maximum atomic E-state index is 12.1. The standard InChI is InChI=1S/C17H11IO4/c1-10-9-14(19)22-16-12(10)7-8-13(15(16)18)21-17(20)11-5-3-2-4-6-11/h2-9H,1H3. The van der Waals surface area contributed by atoms with E-state index in [4.69, 9.17) is 9.15 Å². The molecule has 3 rings (SSSR count). The third kappa shape index (κ3) is 2.76. The molecule has 4 nitrogen and oxygen atoms in total. The van der Waals surface area contributed by atoms with Gasteiger partial charge >= 0.3 is 11.6 Å². The van der Waals surface area contributed by atoms with Gasteiger partial charge in [0.2, 0.25) is 0 Å². The number of esters is 1. The van der Waals surface area contributed by atoms with Crippen LogP contribution in [0.5, 0.6) is 5.75 Å². The van der Waals surface area contributed by atoms with Crippen LogP contribution in [0.2, 0.25) is 0 Å². The molecule has 2 aromatic carbocycles. The van der Waals surface area contributed by atoms with E-state index < -0.39 is 11.6 Å². The van der Waals surface area contributed by atoms with Crippen molar-refractivity contribution >= 4 is 39.5 Å². The Bertz CT molecular complexity index is 913. The Morgan fingerprint density at radius 1 is 1.14 bits per heavy atom. The van der Waals surface area contributed by atoms with Crippen LogP contribution in [0.3, 0.4) is 0 Å². The topological polar surface area (TPSA) is 56.5 Å². The van der Waals surface area contributed by atoms with Gasteiger partial charge in [0, 0.05) is 11.5 Å². The lowest BCUT2D eigenvalue weighted by Crippen LogP contribution is -2.09. The van der Waals surface area contributed by atoms with Gasteiger partial charge in [-0.15, -0.1) is 0 Å². The maximum Gasteiger partial charge on any atom is 0.343 e. The molecule has 0 fully saturated rings. The molecule has 0 N–H and O–H groups in total. The predicted molar refractivity (Wildman–Crippen MR) is 91.3 cm³/mol. The number of halogens is 1. The van der Waals surface area contributed by atoms with Gasteiger partial charge in [0.05, 0.1) is 9.13 Å². The third-order valence-electron chi connectivity index (χ3n) is 3.24. The van der Waals surface area contributed by atoms with E-state index in [9.17, 15) is 9.59 Å². The van der Waals surface area contributed by atoms with Crippen molar-refractivity contribution in [2.45, 2.75) is 6.92 Å². The van der Waals surface area contributed by atoms with E-state index in [1.807, 2.05) is 35.6 Å². The van der Waals surface area contributed by atoms with Crippen LogP contribution in [-0.4, -0.2) is 5.97 Å². The number of rotatable bonds is 2. The summed E-state index contributed by atoms with van der Waals surface area (Å²) in [5, 5.41) is 0.823. The minimum absolute atomic E-state index is 0.371. The molecule has 0 atom stereocenters. The second-order valence-corrected chi connectivity index (χ2v) is 5.84. The van der Waals surface area contributed by atoms with Crippen molar-refractivity contribution in [1.82, 2.24) is 0 Å². The van der Waals surface area contributed by atoms with Gasteiger partial charge in [0.25, 0.3) is 0 Å². The van der Waals surface area contributed by atoms with Crippen LogP contribution < -0.4 is 10.4 Å². The quantitative estimate of drug-likeness (QED) is 0.280. The Morgan fingerprint density at radius 3 is 2.59 bits per heavy atom. The highest BCUT2D eigenvalue weighted by atomic mass is 127. The molecule has 0 radical (unpaired) electrons. The summed E-state index contributed by atoms with van der Waals surface area (Å²) in [6.07, 6.45) is 0. The molecule has 5 heteroatoms. The molecule has 0 aliphatic carbocycles. The maximum absolute atomic E-state index is 12.1. The Balaban J connectivity index is 2.04. The fraction of sp³-hybridized carbons (Fsp3) is 0.0588. The number of carbonyl (C=O) groups is 1. The van der Waals surface area contributed by atoms with Crippen molar-refractivity contribution in [3.63, 3.8) is 0 Å². The van der Waals surface area contributed by atoms with E-state index in [-0.39, 0.29) is 0 Å². The van der Waals surface area contributed by atoms with Crippen LogP contribution in [0.1, 0.15) is 15.9 Å². The first-order chi connectivity index (χ1) is 10.6. The Kier molecular flexibility index (Phi) is 3.98. The summed E-state index contributed by atoms with van der Waals surface area (Å²) in [5.41, 5.74) is 1.30. The van der Waals surface area contributed by atoms with Crippen LogP contribution in [0.25, 0.3) is 11.0 Å². The lowest BCUT2D eigenvalue weighted by atomic mass is 10.1. The fourth-order valence-corrected chi connectivity index (χ4v) is 2.84. The van der Waals surface area contributed by atoms with Gasteiger partial charge in [0.1, 0.15) is 5.75 Å². The highest BCUT2D eigenvalue weighted by Gasteiger charge is 2.15. The number of ether oxygens (including phenoxy) is 1. The Labute approximate surface area is 139 Å². The molecule has 0 bridgehead atoms. The number of benzene rings is 2. The van der Waals surface area contributed by atoms with E-state index in [0.717, 1.165) is 10.9 Å². The lowest BCUT2D eigenvalue weighted by molar-refractivity contribution is 0.0733. The van der Waals surface area contributed by atoms with Crippen molar-refractivity contribution in [1.29, 1.82) is 0 Å². The van der Waals surface area contributed by atoms with Gasteiger partial charge in [0.15, 0.2) is 5.58 Å². The average molecular weight is 406 g/mol. The summed E-state index contributed by atoms with van der Waals surface area (Å²) in [7, 11) is 0. The van der Waals surface area contributed by atoms with Gasteiger partial charge in [-0.2, -0.15) is 0 Å². The van der Waals surface area contributed by atoms with Crippen LogP contribution in [-0.2, 0) is 0 Å². The predicted octanol–water partition coefficient (Wildman–Crippen LogP) is 3.93. The van der Waals surface area contributed by atoms with E-state index >= 15 is 0 Å². The molecule has 110 valence electrons. The molecule has 0 spiro atoms. The molecule has 1 aromatic heterocycles. The second kappa shape index (κ2) is 5.92. The van der Waals surface area contributed by atoms with Crippen molar-refractivity contribution in [2.75, 3.05) is 0 Å². The molecule has 3 aromatic rings. The molecular weight excluding hydrogens is 395 g/mol. The molecule has 1 heterocycles. The van der Waals surface area contributed by atoms with E-state index in [2.05, 4.69) is 0 Å². The molecule has 0 aliphatic rings. The van der Waals surface area contributed by atoms with E-state index in [1.165, 1.54) is 6.07 Å². The molecule has 0 saturated carbocycles. The molecule has 0 unspecified atom stereocenters. The largest absolute Gasteiger partial charge is 0.422 e. The monoisotopic (exact) mass is 406 g/mol. The van der Waals surface area contributed by atoms with Crippen molar-refractivity contribution in [3.05, 3.63) is 73.6 Å². The minimum Gasteiger partial charge on any atom is -0.422 e.